The lowest BCUT2D eigenvalue weighted by atomic mass is 10.2. The molecule has 0 spiro atoms. The number of fused-ring (bicyclic) bond motifs is 3. The molecule has 0 radical (unpaired) electrons. The third-order valence-electron chi connectivity index (χ3n) is 4.85. The van der Waals surface area contributed by atoms with Crippen LogP contribution < -0.4 is 15.0 Å². The monoisotopic (exact) mass is 420 g/mol. The van der Waals surface area contributed by atoms with Crippen LogP contribution >= 0.6 is 0 Å². The highest BCUT2D eigenvalue weighted by Gasteiger charge is 2.15. The molecule has 2 heterocycles. The lowest BCUT2D eigenvalue weighted by Gasteiger charge is -2.12. The molecule has 0 aliphatic heterocycles. The summed E-state index contributed by atoms with van der Waals surface area (Å²) in [6, 6.07) is 12.6. The van der Waals surface area contributed by atoms with Gasteiger partial charge >= 0.3 is 5.97 Å². The van der Waals surface area contributed by atoms with Crippen molar-refractivity contribution in [3.8, 4) is 11.5 Å². The van der Waals surface area contributed by atoms with E-state index in [2.05, 4.69) is 14.9 Å². The molecule has 0 amide bonds. The molecule has 4 rings (SSSR count). The number of rotatable bonds is 6. The van der Waals surface area contributed by atoms with Crippen LogP contribution in [0, 0.1) is 0 Å². The topological polar surface area (TPSA) is 97.0 Å². The second-order valence-electron chi connectivity index (χ2n) is 6.69. The molecule has 31 heavy (non-hydrogen) atoms. The number of para-hydroxylation sites is 1. The van der Waals surface area contributed by atoms with Gasteiger partial charge in [-0.2, -0.15) is 0 Å². The summed E-state index contributed by atoms with van der Waals surface area (Å²) < 4.78 is 19.2. The van der Waals surface area contributed by atoms with E-state index in [0.717, 1.165) is 5.56 Å². The van der Waals surface area contributed by atoms with Gasteiger partial charge in [0.05, 0.1) is 25.1 Å². The van der Waals surface area contributed by atoms with E-state index in [-0.39, 0.29) is 12.2 Å². The minimum Gasteiger partial charge on any atom is -0.493 e. The summed E-state index contributed by atoms with van der Waals surface area (Å²) in [7, 11) is 4.51. The van der Waals surface area contributed by atoms with Crippen molar-refractivity contribution in [2.75, 3.05) is 14.2 Å². The number of hydrogen-bond acceptors (Lipinski definition) is 7. The fourth-order valence-corrected chi connectivity index (χ4v) is 3.27. The van der Waals surface area contributed by atoms with Crippen LogP contribution in [0.1, 0.15) is 11.4 Å². The molecule has 2 aromatic carbocycles. The number of nitrogens with zero attached hydrogens (tertiary/aromatic N) is 4. The number of methoxy groups -OCH3 is 2. The largest absolute Gasteiger partial charge is 0.493 e. The van der Waals surface area contributed by atoms with Gasteiger partial charge in [-0.05, 0) is 35.9 Å². The number of ether oxygens (including phenoxy) is 3. The van der Waals surface area contributed by atoms with Crippen LogP contribution in [0.3, 0.4) is 0 Å². The van der Waals surface area contributed by atoms with Crippen LogP contribution in [0.4, 0.5) is 0 Å². The van der Waals surface area contributed by atoms with Crippen molar-refractivity contribution in [3.63, 3.8) is 0 Å². The minimum atomic E-state index is -0.445. The van der Waals surface area contributed by atoms with Gasteiger partial charge in [0.25, 0.3) is 5.56 Å². The number of benzene rings is 2. The van der Waals surface area contributed by atoms with E-state index in [1.54, 1.807) is 41.8 Å². The Bertz CT molecular complexity index is 1370. The van der Waals surface area contributed by atoms with Gasteiger partial charge in [-0.1, -0.05) is 18.2 Å². The average molecular weight is 420 g/mol. The Hall–Kier alpha value is -4.14. The van der Waals surface area contributed by atoms with Crippen molar-refractivity contribution in [1.82, 2.24) is 19.2 Å². The summed E-state index contributed by atoms with van der Waals surface area (Å²) >= 11 is 0. The van der Waals surface area contributed by atoms with Gasteiger partial charge in [-0.25, -0.2) is 4.79 Å². The zero-order chi connectivity index (χ0) is 22.0. The second-order valence-corrected chi connectivity index (χ2v) is 6.69. The summed E-state index contributed by atoms with van der Waals surface area (Å²) in [6.07, 6.45) is 2.95. The zero-order valence-electron chi connectivity index (χ0n) is 17.2. The maximum absolute atomic E-state index is 12.6. The van der Waals surface area contributed by atoms with Crippen molar-refractivity contribution < 1.29 is 19.0 Å². The summed E-state index contributed by atoms with van der Waals surface area (Å²) in [5.41, 5.74) is 1.32. The van der Waals surface area contributed by atoms with E-state index in [0.29, 0.717) is 34.0 Å². The van der Waals surface area contributed by atoms with E-state index in [1.165, 1.54) is 24.9 Å². The molecule has 0 aliphatic rings. The maximum Gasteiger partial charge on any atom is 0.330 e. The Morgan fingerprint density at radius 1 is 1.10 bits per heavy atom. The molecule has 0 fully saturated rings. The standard InChI is InChI=1S/C22H20N4O5/c1-25-21(28)15-6-4-5-7-16(15)26-19(23-24-22(25)26)13-31-17-10-8-14(12-18(17)29-2)9-11-20(27)30-3/h4-12H,13H2,1-3H3/b11-9+. The molecule has 4 aromatic rings. The fraction of sp³-hybridized carbons (Fsp3) is 0.182. The summed E-state index contributed by atoms with van der Waals surface area (Å²) in [4.78, 5) is 23.8. The third kappa shape index (κ3) is 3.73. The first-order chi connectivity index (χ1) is 15.0. The summed E-state index contributed by atoms with van der Waals surface area (Å²) in [6.45, 7) is 0.108. The van der Waals surface area contributed by atoms with E-state index < -0.39 is 5.97 Å². The van der Waals surface area contributed by atoms with Crippen LogP contribution in [-0.2, 0) is 23.2 Å². The average Bonchev–Trinajstić information content (AvgIpc) is 3.24. The highest BCUT2D eigenvalue weighted by atomic mass is 16.5. The minimum absolute atomic E-state index is 0.108. The molecule has 0 saturated carbocycles. The molecule has 0 saturated heterocycles. The van der Waals surface area contributed by atoms with Crippen molar-refractivity contribution >= 4 is 28.7 Å². The lowest BCUT2D eigenvalue weighted by Crippen LogP contribution is -2.20. The van der Waals surface area contributed by atoms with Crippen molar-refractivity contribution in [2.24, 2.45) is 7.05 Å². The molecule has 9 heteroatoms. The quantitative estimate of drug-likeness (QED) is 0.349. The number of esters is 1. The highest BCUT2D eigenvalue weighted by Crippen LogP contribution is 2.29. The first-order valence-corrected chi connectivity index (χ1v) is 9.42. The Morgan fingerprint density at radius 3 is 2.68 bits per heavy atom. The van der Waals surface area contributed by atoms with Gasteiger partial charge in [0.1, 0.15) is 6.61 Å². The van der Waals surface area contributed by atoms with Crippen LogP contribution in [0.15, 0.2) is 53.3 Å². The SMILES string of the molecule is COC(=O)/C=C/c1ccc(OCc2nnc3n(C)c(=O)c4ccccc4n23)c(OC)c1. The van der Waals surface area contributed by atoms with Gasteiger partial charge in [0, 0.05) is 13.1 Å². The number of aryl methyl sites for hydroxylation is 1. The predicted octanol–water partition coefficient (Wildman–Crippen LogP) is 2.36. The van der Waals surface area contributed by atoms with Crippen molar-refractivity contribution in [2.45, 2.75) is 6.61 Å². The molecule has 158 valence electrons. The molecule has 9 nitrogen and oxygen atoms in total. The molecule has 2 aromatic heterocycles. The van der Waals surface area contributed by atoms with Gasteiger partial charge < -0.3 is 14.2 Å². The van der Waals surface area contributed by atoms with E-state index >= 15 is 0 Å². The third-order valence-corrected chi connectivity index (χ3v) is 4.85. The first kappa shape index (κ1) is 20.1. The zero-order valence-corrected chi connectivity index (χ0v) is 17.2. The first-order valence-electron chi connectivity index (χ1n) is 9.42. The Labute approximate surface area is 177 Å². The van der Waals surface area contributed by atoms with Crippen LogP contribution in [0.25, 0.3) is 22.8 Å². The molecule has 0 N–H and O–H groups in total. The molecule has 0 bridgehead atoms. The number of hydrogen-bond donors (Lipinski definition) is 0. The smallest absolute Gasteiger partial charge is 0.330 e. The summed E-state index contributed by atoms with van der Waals surface area (Å²) in [5.74, 6) is 1.53. The normalized spacial score (nSPS) is 11.3. The van der Waals surface area contributed by atoms with Gasteiger partial charge in [0.2, 0.25) is 5.78 Å². The Kier molecular flexibility index (Phi) is 5.40. The molecule has 0 unspecified atom stereocenters. The Balaban J connectivity index is 1.66. The van der Waals surface area contributed by atoms with Gasteiger partial charge in [0.15, 0.2) is 17.3 Å². The number of aromatic nitrogens is 4. The molecular formula is C22H20N4O5. The van der Waals surface area contributed by atoms with E-state index in [9.17, 15) is 9.59 Å². The van der Waals surface area contributed by atoms with E-state index in [1.807, 2.05) is 18.2 Å². The molecule has 0 aliphatic carbocycles. The second kappa shape index (κ2) is 8.31. The predicted molar refractivity (Wildman–Crippen MR) is 114 cm³/mol. The lowest BCUT2D eigenvalue weighted by molar-refractivity contribution is -0.134. The number of carbonyl (C=O) groups excluding carboxylic acids is 1. The van der Waals surface area contributed by atoms with Gasteiger partial charge in [-0.15, -0.1) is 10.2 Å². The molecule has 0 atom stereocenters. The van der Waals surface area contributed by atoms with Crippen molar-refractivity contribution in [1.29, 1.82) is 0 Å². The van der Waals surface area contributed by atoms with Gasteiger partial charge in [-0.3, -0.25) is 13.8 Å². The van der Waals surface area contributed by atoms with E-state index in [4.69, 9.17) is 9.47 Å². The number of carbonyl (C=O) groups is 1. The molecular weight excluding hydrogens is 400 g/mol. The maximum atomic E-state index is 12.6. The van der Waals surface area contributed by atoms with Crippen LogP contribution in [0.2, 0.25) is 0 Å². The fourth-order valence-electron chi connectivity index (χ4n) is 3.27. The van der Waals surface area contributed by atoms with Crippen molar-refractivity contribution in [3.05, 3.63) is 70.3 Å². The Morgan fingerprint density at radius 2 is 1.90 bits per heavy atom. The summed E-state index contributed by atoms with van der Waals surface area (Å²) in [5, 5.41) is 8.94. The van der Waals surface area contributed by atoms with Crippen LogP contribution in [0.5, 0.6) is 11.5 Å². The highest BCUT2D eigenvalue weighted by molar-refractivity contribution is 5.87. The van der Waals surface area contributed by atoms with Crippen LogP contribution in [-0.4, -0.2) is 39.4 Å².